The normalized spacial score (nSPS) is 17.2. The SMILES string of the molecule is COc1ccc2cc([C@]3(C)NC(=O)N(Cc4ccc(C(=O)Nc5ccccc5)cc4)C3=O)ccc2c1. The smallest absolute Gasteiger partial charge is 0.325 e. The van der Waals surface area contributed by atoms with Gasteiger partial charge < -0.3 is 15.4 Å². The molecule has 0 spiro atoms. The Morgan fingerprint density at radius 3 is 2.33 bits per heavy atom. The topological polar surface area (TPSA) is 87.7 Å². The highest BCUT2D eigenvalue weighted by Gasteiger charge is 2.48. The summed E-state index contributed by atoms with van der Waals surface area (Å²) in [5.74, 6) is 0.192. The molecular formula is C29H25N3O4. The Kier molecular flexibility index (Phi) is 5.90. The van der Waals surface area contributed by atoms with E-state index in [9.17, 15) is 14.4 Å². The van der Waals surface area contributed by atoms with Gasteiger partial charge in [0.05, 0.1) is 13.7 Å². The third-order valence-corrected chi connectivity index (χ3v) is 6.49. The fourth-order valence-corrected chi connectivity index (χ4v) is 4.37. The average Bonchev–Trinajstić information content (AvgIpc) is 3.12. The Balaban J connectivity index is 1.32. The van der Waals surface area contributed by atoms with Gasteiger partial charge in [-0.3, -0.25) is 14.5 Å². The number of para-hydroxylation sites is 1. The van der Waals surface area contributed by atoms with E-state index in [2.05, 4.69) is 10.6 Å². The molecule has 1 aliphatic heterocycles. The van der Waals surface area contributed by atoms with Crippen molar-refractivity contribution in [3.05, 3.63) is 108 Å². The largest absolute Gasteiger partial charge is 0.497 e. The van der Waals surface area contributed by atoms with Crippen molar-refractivity contribution in [1.82, 2.24) is 10.2 Å². The molecule has 4 aromatic carbocycles. The molecule has 7 nitrogen and oxygen atoms in total. The highest BCUT2D eigenvalue weighted by molar-refractivity contribution is 6.07. The van der Waals surface area contributed by atoms with E-state index in [1.807, 2.05) is 66.7 Å². The Labute approximate surface area is 208 Å². The zero-order valence-electron chi connectivity index (χ0n) is 19.9. The summed E-state index contributed by atoms with van der Waals surface area (Å²) in [4.78, 5) is 39.9. The number of rotatable bonds is 6. The van der Waals surface area contributed by atoms with Crippen molar-refractivity contribution >= 4 is 34.3 Å². The average molecular weight is 480 g/mol. The summed E-state index contributed by atoms with van der Waals surface area (Å²) in [6, 6.07) is 27.0. The van der Waals surface area contributed by atoms with Crippen LogP contribution in [0.1, 0.15) is 28.4 Å². The molecule has 0 radical (unpaired) electrons. The standard InChI is InChI=1S/C29H25N3O4/c1-29(23-14-12-22-17-25(36-2)15-13-21(22)16-23)27(34)32(28(35)31-29)18-19-8-10-20(11-9-19)26(33)30-24-6-4-3-5-7-24/h3-17H,18H2,1-2H3,(H,30,33)(H,31,35)/t29-/m0/s1. The van der Waals surface area contributed by atoms with Crippen molar-refractivity contribution in [2.24, 2.45) is 0 Å². The van der Waals surface area contributed by atoms with Crippen LogP contribution in [-0.2, 0) is 16.9 Å². The number of nitrogens with one attached hydrogen (secondary N) is 2. The third kappa shape index (κ3) is 4.27. The van der Waals surface area contributed by atoms with Crippen molar-refractivity contribution in [1.29, 1.82) is 0 Å². The summed E-state index contributed by atoms with van der Waals surface area (Å²) in [5, 5.41) is 7.62. The van der Waals surface area contributed by atoms with Crippen molar-refractivity contribution in [3.63, 3.8) is 0 Å². The van der Waals surface area contributed by atoms with Gasteiger partial charge in [0.25, 0.3) is 11.8 Å². The predicted molar refractivity (Wildman–Crippen MR) is 138 cm³/mol. The fraction of sp³-hybridized carbons (Fsp3) is 0.138. The van der Waals surface area contributed by atoms with E-state index in [0.29, 0.717) is 16.8 Å². The van der Waals surface area contributed by atoms with E-state index >= 15 is 0 Å². The van der Waals surface area contributed by atoms with E-state index in [1.165, 1.54) is 4.90 Å². The van der Waals surface area contributed by atoms with Crippen LogP contribution in [0, 0.1) is 0 Å². The van der Waals surface area contributed by atoms with E-state index < -0.39 is 11.6 Å². The Bertz CT molecular complexity index is 1470. The molecule has 1 saturated heterocycles. The summed E-state index contributed by atoms with van der Waals surface area (Å²) in [6.45, 7) is 1.82. The van der Waals surface area contributed by atoms with Crippen molar-refractivity contribution in [2.45, 2.75) is 19.0 Å². The molecule has 4 aromatic rings. The van der Waals surface area contributed by atoms with Crippen LogP contribution in [0.5, 0.6) is 5.75 Å². The van der Waals surface area contributed by atoms with Crippen LogP contribution in [0.3, 0.4) is 0 Å². The molecule has 1 fully saturated rings. The minimum Gasteiger partial charge on any atom is -0.497 e. The summed E-state index contributed by atoms with van der Waals surface area (Å²) < 4.78 is 5.28. The maximum absolute atomic E-state index is 13.4. The molecule has 0 unspecified atom stereocenters. The molecule has 4 amide bonds. The second-order valence-electron chi connectivity index (χ2n) is 8.89. The number of hydrogen-bond donors (Lipinski definition) is 2. The van der Waals surface area contributed by atoms with Gasteiger partial charge in [-0.15, -0.1) is 0 Å². The second kappa shape index (κ2) is 9.19. The predicted octanol–water partition coefficient (Wildman–Crippen LogP) is 5.07. The number of methoxy groups -OCH3 is 1. The van der Waals surface area contributed by atoms with Gasteiger partial charge in [-0.05, 0) is 71.3 Å². The number of imide groups is 1. The van der Waals surface area contributed by atoms with Gasteiger partial charge in [0.1, 0.15) is 11.3 Å². The number of ether oxygens (including phenoxy) is 1. The first-order valence-electron chi connectivity index (χ1n) is 11.5. The molecule has 7 heteroatoms. The molecule has 0 aromatic heterocycles. The number of nitrogens with zero attached hydrogens (tertiary/aromatic N) is 1. The third-order valence-electron chi connectivity index (χ3n) is 6.49. The molecule has 180 valence electrons. The molecule has 0 saturated carbocycles. The summed E-state index contributed by atoms with van der Waals surface area (Å²) in [5.41, 5.74) is 1.45. The van der Waals surface area contributed by atoms with Gasteiger partial charge in [-0.1, -0.05) is 48.5 Å². The van der Waals surface area contributed by atoms with Gasteiger partial charge in [0.15, 0.2) is 0 Å². The number of hydrogen-bond acceptors (Lipinski definition) is 4. The van der Waals surface area contributed by atoms with Gasteiger partial charge >= 0.3 is 6.03 Å². The van der Waals surface area contributed by atoms with E-state index in [0.717, 1.165) is 22.1 Å². The van der Waals surface area contributed by atoms with Crippen molar-refractivity contribution < 1.29 is 19.1 Å². The molecule has 0 bridgehead atoms. The zero-order chi connectivity index (χ0) is 25.3. The number of carbonyl (C=O) groups is 3. The van der Waals surface area contributed by atoms with Crippen LogP contribution in [0.2, 0.25) is 0 Å². The van der Waals surface area contributed by atoms with Crippen molar-refractivity contribution in [3.8, 4) is 5.75 Å². The number of urea groups is 1. The van der Waals surface area contributed by atoms with E-state index in [-0.39, 0.29) is 18.4 Å². The second-order valence-corrected chi connectivity index (χ2v) is 8.89. The van der Waals surface area contributed by atoms with Crippen LogP contribution in [0.25, 0.3) is 10.8 Å². The lowest BCUT2D eigenvalue weighted by Crippen LogP contribution is -2.40. The summed E-state index contributed by atoms with van der Waals surface area (Å²) in [7, 11) is 1.62. The molecule has 2 N–H and O–H groups in total. The summed E-state index contributed by atoms with van der Waals surface area (Å²) >= 11 is 0. The molecule has 5 rings (SSSR count). The molecule has 1 heterocycles. The first-order valence-corrected chi connectivity index (χ1v) is 11.5. The van der Waals surface area contributed by atoms with E-state index in [1.54, 1.807) is 38.3 Å². The first kappa shape index (κ1) is 23.1. The van der Waals surface area contributed by atoms with Gasteiger partial charge in [-0.25, -0.2) is 4.79 Å². The highest BCUT2D eigenvalue weighted by atomic mass is 16.5. The van der Waals surface area contributed by atoms with Crippen LogP contribution in [0.15, 0.2) is 91.0 Å². The quantitative estimate of drug-likeness (QED) is 0.378. The monoisotopic (exact) mass is 479 g/mol. The molecule has 0 aliphatic carbocycles. The summed E-state index contributed by atoms with van der Waals surface area (Å²) in [6.07, 6.45) is 0. The minimum atomic E-state index is -1.18. The van der Waals surface area contributed by atoms with Gasteiger partial charge in [0, 0.05) is 11.3 Å². The Morgan fingerprint density at radius 1 is 0.917 bits per heavy atom. The highest BCUT2D eigenvalue weighted by Crippen LogP contribution is 2.32. The van der Waals surface area contributed by atoms with Gasteiger partial charge in [-0.2, -0.15) is 0 Å². The Morgan fingerprint density at radius 2 is 1.61 bits per heavy atom. The zero-order valence-corrected chi connectivity index (χ0v) is 19.9. The van der Waals surface area contributed by atoms with Crippen LogP contribution < -0.4 is 15.4 Å². The lowest BCUT2D eigenvalue weighted by Gasteiger charge is -2.23. The molecular weight excluding hydrogens is 454 g/mol. The van der Waals surface area contributed by atoms with Gasteiger partial charge in [0.2, 0.25) is 0 Å². The van der Waals surface area contributed by atoms with Crippen LogP contribution in [0.4, 0.5) is 10.5 Å². The Hall–Kier alpha value is -4.65. The lowest BCUT2D eigenvalue weighted by molar-refractivity contribution is -0.131. The minimum absolute atomic E-state index is 0.103. The fourth-order valence-electron chi connectivity index (χ4n) is 4.37. The lowest BCUT2D eigenvalue weighted by atomic mass is 9.90. The molecule has 36 heavy (non-hydrogen) atoms. The van der Waals surface area contributed by atoms with Crippen LogP contribution in [-0.4, -0.2) is 29.9 Å². The number of benzene rings is 4. The number of carbonyl (C=O) groups excluding carboxylic acids is 3. The first-order chi connectivity index (χ1) is 17.4. The molecule has 1 aliphatic rings. The maximum Gasteiger partial charge on any atom is 0.325 e. The number of fused-ring (bicyclic) bond motifs is 1. The number of amides is 4. The molecule has 1 atom stereocenters. The van der Waals surface area contributed by atoms with Crippen LogP contribution >= 0.6 is 0 Å². The number of anilines is 1. The van der Waals surface area contributed by atoms with E-state index in [4.69, 9.17) is 4.74 Å². The van der Waals surface area contributed by atoms with Crippen molar-refractivity contribution in [2.75, 3.05) is 12.4 Å². The maximum atomic E-state index is 13.4.